The number of hydrogen-bond acceptors (Lipinski definition) is 4. The summed E-state index contributed by atoms with van der Waals surface area (Å²) in [6.07, 6.45) is -13.8. The third-order valence-corrected chi connectivity index (χ3v) is 5.09. The number of alkyl halides is 9. The van der Waals surface area contributed by atoms with Crippen LogP contribution in [0.2, 0.25) is 10.0 Å². The van der Waals surface area contributed by atoms with Gasteiger partial charge in [0.25, 0.3) is 5.91 Å². The number of para-hydroxylation sites is 1. The number of ether oxygens (including phenoxy) is 1. The van der Waals surface area contributed by atoms with Gasteiger partial charge in [0.1, 0.15) is 0 Å². The minimum Gasteiger partial charge on any atom is -0.490 e. The molecule has 0 saturated carbocycles. The van der Waals surface area contributed by atoms with Crippen LogP contribution in [0.5, 0.6) is 5.75 Å². The van der Waals surface area contributed by atoms with E-state index in [4.69, 9.17) is 27.9 Å². The first-order valence-corrected chi connectivity index (χ1v) is 9.39. The number of carbonyl (C=O) groups is 1. The number of nitrogens with zero attached hydrogens (tertiary/aromatic N) is 1. The molecule has 0 aliphatic rings. The molecule has 1 atom stereocenters. The van der Waals surface area contributed by atoms with E-state index in [0.29, 0.717) is 0 Å². The number of rotatable bonds is 6. The molecule has 0 aliphatic carbocycles. The van der Waals surface area contributed by atoms with E-state index in [1.807, 2.05) is 5.32 Å². The Bertz CT molecular complexity index is 1150. The summed E-state index contributed by atoms with van der Waals surface area (Å²) in [5.41, 5.74) is -10.6. The summed E-state index contributed by atoms with van der Waals surface area (Å²) in [4.78, 5) is 22.7. The smallest absolute Gasteiger partial charge is 0.457 e. The van der Waals surface area contributed by atoms with E-state index < -0.39 is 73.1 Å². The fourth-order valence-corrected chi connectivity index (χ4v) is 3.43. The molecule has 2 rings (SSSR count). The van der Waals surface area contributed by atoms with Crippen molar-refractivity contribution in [3.63, 3.8) is 0 Å². The molecule has 0 aromatic heterocycles. The first-order chi connectivity index (χ1) is 15.8. The standard InChI is InChI=1S/C18H9Cl2F9N2O4/c1-35-13-8(3-2-4-11(13)31(33)34)14(32)30-12-9(19)5-7(6-10(12)20)15(21,17(24,25)26)16(22,23)18(27,28)29/h2-6H,1H3,(H,30,32). The molecular formula is C18H9Cl2F9N2O4. The maximum Gasteiger partial charge on any atom is 0.457 e. The molecule has 0 bridgehead atoms. The summed E-state index contributed by atoms with van der Waals surface area (Å²) in [7, 11) is 0.965. The third-order valence-electron chi connectivity index (χ3n) is 4.50. The second kappa shape index (κ2) is 9.26. The molecule has 1 N–H and O–H groups in total. The molecule has 1 amide bonds. The van der Waals surface area contributed by atoms with Gasteiger partial charge in [-0.25, -0.2) is 4.39 Å². The number of nitro groups is 1. The van der Waals surface area contributed by atoms with Crippen molar-refractivity contribution < 1.29 is 54.0 Å². The van der Waals surface area contributed by atoms with E-state index in [-0.39, 0.29) is 12.1 Å². The van der Waals surface area contributed by atoms with Crippen LogP contribution in [0, 0.1) is 10.1 Å². The number of halogens is 11. The highest BCUT2D eigenvalue weighted by atomic mass is 35.5. The van der Waals surface area contributed by atoms with Gasteiger partial charge in [-0.1, -0.05) is 29.3 Å². The van der Waals surface area contributed by atoms with Gasteiger partial charge in [-0.3, -0.25) is 14.9 Å². The van der Waals surface area contributed by atoms with Crippen LogP contribution in [0.1, 0.15) is 15.9 Å². The summed E-state index contributed by atoms with van der Waals surface area (Å²) in [6, 6.07) is 2.59. The quantitative estimate of drug-likeness (QED) is 0.233. The Morgan fingerprint density at radius 2 is 1.49 bits per heavy atom. The summed E-state index contributed by atoms with van der Waals surface area (Å²) in [5.74, 6) is -8.79. The Morgan fingerprint density at radius 3 is 1.89 bits per heavy atom. The molecule has 0 radical (unpaired) electrons. The number of benzene rings is 2. The zero-order chi connectivity index (χ0) is 27.1. The predicted octanol–water partition coefficient (Wildman–Crippen LogP) is 7.09. The van der Waals surface area contributed by atoms with Gasteiger partial charge in [-0.2, -0.15) is 35.1 Å². The number of hydrogen-bond donors (Lipinski definition) is 1. The minimum absolute atomic E-state index is 0.221. The maximum atomic E-state index is 14.7. The number of nitrogens with one attached hydrogen (secondary N) is 1. The first kappa shape index (κ1) is 28.3. The van der Waals surface area contributed by atoms with Crippen LogP contribution >= 0.6 is 23.2 Å². The van der Waals surface area contributed by atoms with E-state index >= 15 is 0 Å². The second-order valence-electron chi connectivity index (χ2n) is 6.61. The summed E-state index contributed by atoms with van der Waals surface area (Å²) >= 11 is 11.3. The Morgan fingerprint density at radius 1 is 0.971 bits per heavy atom. The summed E-state index contributed by atoms with van der Waals surface area (Å²) in [6.45, 7) is 0. The van der Waals surface area contributed by atoms with Gasteiger partial charge in [0, 0.05) is 11.6 Å². The van der Waals surface area contributed by atoms with Crippen molar-refractivity contribution in [2.75, 3.05) is 12.4 Å². The Balaban J connectivity index is 2.62. The fraction of sp³-hybridized carbons (Fsp3) is 0.278. The molecule has 192 valence electrons. The van der Waals surface area contributed by atoms with Gasteiger partial charge in [-0.15, -0.1) is 0 Å². The minimum atomic E-state index is -6.97. The number of methoxy groups -OCH3 is 1. The Kier molecular flexibility index (Phi) is 7.49. The zero-order valence-corrected chi connectivity index (χ0v) is 18.1. The third kappa shape index (κ3) is 4.78. The molecule has 2 aromatic carbocycles. The van der Waals surface area contributed by atoms with Crippen LogP contribution in [0.15, 0.2) is 30.3 Å². The van der Waals surface area contributed by atoms with Crippen molar-refractivity contribution in [2.24, 2.45) is 0 Å². The number of carbonyl (C=O) groups excluding carboxylic acids is 1. The predicted molar refractivity (Wildman–Crippen MR) is 104 cm³/mol. The lowest BCUT2D eigenvalue weighted by atomic mass is 9.87. The highest BCUT2D eigenvalue weighted by Crippen LogP contribution is 2.59. The van der Waals surface area contributed by atoms with Crippen molar-refractivity contribution in [1.29, 1.82) is 0 Å². The molecule has 2 aromatic rings. The molecule has 1 unspecified atom stereocenters. The molecule has 35 heavy (non-hydrogen) atoms. The fourth-order valence-electron chi connectivity index (χ4n) is 2.85. The first-order valence-electron chi connectivity index (χ1n) is 8.63. The molecule has 0 aliphatic heterocycles. The van der Waals surface area contributed by atoms with Crippen molar-refractivity contribution in [3.05, 3.63) is 61.6 Å². The van der Waals surface area contributed by atoms with Crippen molar-refractivity contribution in [1.82, 2.24) is 0 Å². The van der Waals surface area contributed by atoms with Crippen molar-refractivity contribution >= 4 is 40.5 Å². The summed E-state index contributed by atoms with van der Waals surface area (Å²) in [5, 5.41) is 10.7. The molecule has 17 heteroatoms. The highest BCUT2D eigenvalue weighted by Gasteiger charge is 2.81. The number of amides is 1. The van der Waals surface area contributed by atoms with Gasteiger partial charge >= 0.3 is 29.6 Å². The average molecular weight is 559 g/mol. The second-order valence-corrected chi connectivity index (χ2v) is 7.43. The number of nitro benzene ring substituents is 1. The maximum absolute atomic E-state index is 14.7. The van der Waals surface area contributed by atoms with Crippen molar-refractivity contribution in [3.8, 4) is 5.75 Å². The Hall–Kier alpha value is -2.94. The van der Waals surface area contributed by atoms with E-state index in [9.17, 15) is 54.4 Å². The average Bonchev–Trinajstić information content (AvgIpc) is 2.72. The van der Waals surface area contributed by atoms with Gasteiger partial charge in [0.05, 0.1) is 33.3 Å². The normalized spacial score (nSPS) is 14.3. The van der Waals surface area contributed by atoms with Gasteiger partial charge in [0.15, 0.2) is 0 Å². The van der Waals surface area contributed by atoms with E-state index in [1.54, 1.807) is 0 Å². The topological polar surface area (TPSA) is 81.5 Å². The van der Waals surface area contributed by atoms with Crippen LogP contribution in [-0.2, 0) is 5.67 Å². The molecule has 6 nitrogen and oxygen atoms in total. The zero-order valence-electron chi connectivity index (χ0n) is 16.6. The van der Waals surface area contributed by atoms with Crippen LogP contribution in [0.3, 0.4) is 0 Å². The highest BCUT2D eigenvalue weighted by molar-refractivity contribution is 6.40. The van der Waals surface area contributed by atoms with E-state index in [2.05, 4.69) is 0 Å². The Labute approximate surface area is 198 Å². The van der Waals surface area contributed by atoms with Gasteiger partial charge in [-0.05, 0) is 18.2 Å². The van der Waals surface area contributed by atoms with Crippen LogP contribution < -0.4 is 10.1 Å². The SMILES string of the molecule is COc1c(C(=O)Nc2c(Cl)cc(C(F)(C(F)(F)F)C(F)(F)C(F)(F)F)cc2Cl)cccc1[N+](=O)[O-]. The molecule has 0 spiro atoms. The molecule has 0 saturated heterocycles. The molecule has 0 heterocycles. The van der Waals surface area contributed by atoms with Crippen LogP contribution in [0.4, 0.5) is 50.9 Å². The monoisotopic (exact) mass is 558 g/mol. The van der Waals surface area contributed by atoms with Crippen molar-refractivity contribution in [2.45, 2.75) is 23.9 Å². The van der Waals surface area contributed by atoms with E-state index in [1.165, 1.54) is 0 Å². The largest absolute Gasteiger partial charge is 0.490 e. The lowest BCUT2D eigenvalue weighted by Crippen LogP contribution is -2.59. The lowest BCUT2D eigenvalue weighted by molar-refractivity contribution is -0.389. The molecule has 0 fully saturated rings. The lowest BCUT2D eigenvalue weighted by Gasteiger charge is -2.36. The number of anilines is 1. The van der Waals surface area contributed by atoms with Gasteiger partial charge < -0.3 is 10.1 Å². The molecular weight excluding hydrogens is 550 g/mol. The van der Waals surface area contributed by atoms with Crippen LogP contribution in [0.25, 0.3) is 0 Å². The summed E-state index contributed by atoms with van der Waals surface area (Å²) < 4.78 is 125. The van der Waals surface area contributed by atoms with Crippen LogP contribution in [-0.4, -0.2) is 36.2 Å². The van der Waals surface area contributed by atoms with E-state index in [0.717, 1.165) is 25.3 Å². The van der Waals surface area contributed by atoms with Gasteiger partial charge in [0.2, 0.25) is 5.75 Å².